The lowest BCUT2D eigenvalue weighted by Crippen LogP contribution is -2.19. The molecule has 0 unspecified atom stereocenters. The number of ether oxygens (including phenoxy) is 2. The van der Waals surface area contributed by atoms with Crippen LogP contribution in [-0.2, 0) is 14.3 Å². The highest BCUT2D eigenvalue weighted by Crippen LogP contribution is 1.98. The Morgan fingerprint density at radius 3 is 2.43 bits per heavy atom. The number of unbranched alkanes of at least 4 members (excludes halogenated alkanes) is 3. The van der Waals surface area contributed by atoms with E-state index in [0.717, 1.165) is 13.0 Å². The molecule has 4 heteroatoms. The van der Waals surface area contributed by atoms with Gasteiger partial charge in [-0.15, -0.1) is 0 Å². The van der Waals surface area contributed by atoms with Gasteiger partial charge in [-0.2, -0.15) is 0 Å². The third-order valence-corrected chi connectivity index (χ3v) is 1.76. The first-order chi connectivity index (χ1) is 6.77. The van der Waals surface area contributed by atoms with E-state index in [1.54, 1.807) is 0 Å². The summed E-state index contributed by atoms with van der Waals surface area (Å²) in [7, 11) is 0. The van der Waals surface area contributed by atoms with Gasteiger partial charge in [-0.05, 0) is 6.42 Å². The molecule has 0 aliphatic carbocycles. The highest BCUT2D eigenvalue weighted by atomic mass is 16.5. The molecule has 0 aromatic carbocycles. The normalized spacial score (nSPS) is 10.4. The predicted octanol–water partition coefficient (Wildman–Crippen LogP) is 1.09. The third-order valence-electron chi connectivity index (χ3n) is 1.76. The average molecular weight is 203 g/mol. The standard InChI is InChI=1S/C10H21NO3/c1-2-3-4-5-6-13-7-8-14-9-10(11)12/h2-9H2,1H3,(H2,11,12). The zero-order valence-electron chi connectivity index (χ0n) is 8.96. The summed E-state index contributed by atoms with van der Waals surface area (Å²) in [5.41, 5.74) is 4.88. The molecular formula is C10H21NO3. The predicted molar refractivity (Wildman–Crippen MR) is 55.0 cm³/mol. The first-order valence-corrected chi connectivity index (χ1v) is 5.21. The molecule has 0 radical (unpaired) electrons. The van der Waals surface area contributed by atoms with Crippen LogP contribution in [0.25, 0.3) is 0 Å². The van der Waals surface area contributed by atoms with Crippen LogP contribution in [0.1, 0.15) is 32.6 Å². The number of primary amides is 1. The monoisotopic (exact) mass is 203 g/mol. The fourth-order valence-corrected chi connectivity index (χ4v) is 1.02. The molecule has 0 bridgehead atoms. The minimum absolute atomic E-state index is 0.0147. The molecule has 0 rings (SSSR count). The number of carbonyl (C=O) groups excluding carboxylic acids is 1. The van der Waals surface area contributed by atoms with E-state index >= 15 is 0 Å². The van der Waals surface area contributed by atoms with Crippen molar-refractivity contribution in [3.05, 3.63) is 0 Å². The van der Waals surface area contributed by atoms with Crippen LogP contribution in [0.15, 0.2) is 0 Å². The molecule has 0 spiro atoms. The number of hydrogen-bond donors (Lipinski definition) is 1. The summed E-state index contributed by atoms with van der Waals surface area (Å²) in [5.74, 6) is -0.437. The van der Waals surface area contributed by atoms with Crippen molar-refractivity contribution in [1.29, 1.82) is 0 Å². The maximum atomic E-state index is 10.3. The summed E-state index contributed by atoms with van der Waals surface area (Å²) in [5, 5.41) is 0. The molecule has 14 heavy (non-hydrogen) atoms. The first kappa shape index (κ1) is 13.4. The van der Waals surface area contributed by atoms with E-state index in [0.29, 0.717) is 13.2 Å². The second kappa shape index (κ2) is 10.5. The number of hydrogen-bond acceptors (Lipinski definition) is 3. The molecular weight excluding hydrogens is 182 g/mol. The second-order valence-corrected chi connectivity index (χ2v) is 3.19. The van der Waals surface area contributed by atoms with Gasteiger partial charge in [0.15, 0.2) is 0 Å². The molecule has 0 heterocycles. The second-order valence-electron chi connectivity index (χ2n) is 3.19. The zero-order chi connectivity index (χ0) is 10.6. The molecule has 0 aromatic heterocycles. The Morgan fingerprint density at radius 1 is 1.07 bits per heavy atom. The highest BCUT2D eigenvalue weighted by Gasteiger charge is 1.93. The topological polar surface area (TPSA) is 61.6 Å². The molecule has 0 saturated heterocycles. The van der Waals surface area contributed by atoms with E-state index in [1.807, 2.05) is 0 Å². The Morgan fingerprint density at radius 2 is 1.79 bits per heavy atom. The van der Waals surface area contributed by atoms with Crippen LogP contribution < -0.4 is 5.73 Å². The van der Waals surface area contributed by atoms with Gasteiger partial charge >= 0.3 is 0 Å². The van der Waals surface area contributed by atoms with Crippen LogP contribution >= 0.6 is 0 Å². The number of rotatable bonds is 10. The van der Waals surface area contributed by atoms with E-state index in [4.69, 9.17) is 15.2 Å². The zero-order valence-corrected chi connectivity index (χ0v) is 8.96. The van der Waals surface area contributed by atoms with Gasteiger partial charge < -0.3 is 15.2 Å². The number of nitrogens with two attached hydrogens (primary N) is 1. The van der Waals surface area contributed by atoms with E-state index in [1.165, 1.54) is 19.3 Å². The van der Waals surface area contributed by atoms with E-state index in [-0.39, 0.29) is 6.61 Å². The van der Waals surface area contributed by atoms with Crippen molar-refractivity contribution in [1.82, 2.24) is 0 Å². The van der Waals surface area contributed by atoms with Crippen LogP contribution in [0.5, 0.6) is 0 Å². The molecule has 4 nitrogen and oxygen atoms in total. The summed E-state index contributed by atoms with van der Waals surface area (Å²) in [6.45, 7) is 3.92. The Balaban J connectivity index is 2.88. The molecule has 0 aliphatic heterocycles. The minimum Gasteiger partial charge on any atom is -0.379 e. The van der Waals surface area contributed by atoms with Gasteiger partial charge in [0.1, 0.15) is 6.61 Å². The van der Waals surface area contributed by atoms with Crippen molar-refractivity contribution >= 4 is 5.91 Å². The molecule has 1 amide bonds. The molecule has 0 atom stereocenters. The summed E-state index contributed by atoms with van der Waals surface area (Å²) < 4.78 is 10.2. The minimum atomic E-state index is -0.437. The van der Waals surface area contributed by atoms with Crippen molar-refractivity contribution in [2.24, 2.45) is 5.73 Å². The first-order valence-electron chi connectivity index (χ1n) is 5.21. The van der Waals surface area contributed by atoms with E-state index in [9.17, 15) is 4.79 Å². The van der Waals surface area contributed by atoms with Gasteiger partial charge in [-0.25, -0.2) is 0 Å². The van der Waals surface area contributed by atoms with Crippen LogP contribution in [0.2, 0.25) is 0 Å². The lowest BCUT2D eigenvalue weighted by Gasteiger charge is -2.03. The molecule has 2 N–H and O–H groups in total. The summed E-state index contributed by atoms with van der Waals surface area (Å²) in [6, 6.07) is 0. The fraction of sp³-hybridized carbons (Fsp3) is 0.900. The molecule has 0 saturated carbocycles. The van der Waals surface area contributed by atoms with Gasteiger partial charge in [-0.3, -0.25) is 4.79 Å². The van der Waals surface area contributed by atoms with Crippen molar-refractivity contribution in [2.45, 2.75) is 32.6 Å². The number of carbonyl (C=O) groups is 1. The van der Waals surface area contributed by atoms with Crippen LogP contribution in [0.4, 0.5) is 0 Å². The van der Waals surface area contributed by atoms with Gasteiger partial charge in [0.25, 0.3) is 0 Å². The van der Waals surface area contributed by atoms with E-state index in [2.05, 4.69) is 6.92 Å². The quantitative estimate of drug-likeness (QED) is 0.540. The Kier molecular flexibility index (Phi) is 10.0. The molecule has 0 fully saturated rings. The largest absolute Gasteiger partial charge is 0.379 e. The maximum absolute atomic E-state index is 10.3. The van der Waals surface area contributed by atoms with Crippen LogP contribution in [0.3, 0.4) is 0 Å². The highest BCUT2D eigenvalue weighted by molar-refractivity contribution is 5.74. The molecule has 0 aliphatic rings. The lowest BCUT2D eigenvalue weighted by atomic mass is 10.2. The summed E-state index contributed by atoms with van der Waals surface area (Å²) in [6.07, 6.45) is 4.82. The average Bonchev–Trinajstić information content (AvgIpc) is 2.15. The van der Waals surface area contributed by atoms with Gasteiger partial charge in [0.05, 0.1) is 13.2 Å². The van der Waals surface area contributed by atoms with Gasteiger partial charge in [-0.1, -0.05) is 26.2 Å². The van der Waals surface area contributed by atoms with Crippen molar-refractivity contribution in [3.8, 4) is 0 Å². The van der Waals surface area contributed by atoms with Gasteiger partial charge in [0, 0.05) is 6.61 Å². The van der Waals surface area contributed by atoms with E-state index < -0.39 is 5.91 Å². The van der Waals surface area contributed by atoms with Crippen molar-refractivity contribution < 1.29 is 14.3 Å². The third kappa shape index (κ3) is 11.4. The Bertz CT molecular complexity index is 139. The smallest absolute Gasteiger partial charge is 0.243 e. The summed E-state index contributed by atoms with van der Waals surface area (Å²) >= 11 is 0. The van der Waals surface area contributed by atoms with Crippen LogP contribution in [0, 0.1) is 0 Å². The van der Waals surface area contributed by atoms with Crippen molar-refractivity contribution in [2.75, 3.05) is 26.4 Å². The summed E-state index contributed by atoms with van der Waals surface area (Å²) in [4.78, 5) is 10.3. The Hall–Kier alpha value is -0.610. The maximum Gasteiger partial charge on any atom is 0.243 e. The fourth-order valence-electron chi connectivity index (χ4n) is 1.02. The van der Waals surface area contributed by atoms with Crippen molar-refractivity contribution in [3.63, 3.8) is 0 Å². The lowest BCUT2D eigenvalue weighted by molar-refractivity contribution is -0.123. The van der Waals surface area contributed by atoms with Crippen LogP contribution in [-0.4, -0.2) is 32.3 Å². The molecule has 0 aromatic rings. The molecule has 84 valence electrons. The Labute approximate surface area is 85.8 Å². The van der Waals surface area contributed by atoms with Gasteiger partial charge in [0.2, 0.25) is 5.91 Å². The SMILES string of the molecule is CCCCCCOCCOCC(N)=O. The number of amides is 1.